The predicted octanol–water partition coefficient (Wildman–Crippen LogP) is 6.71. The summed E-state index contributed by atoms with van der Waals surface area (Å²) in [4.78, 5) is 0. The fourth-order valence-corrected chi connectivity index (χ4v) is 5.80. The highest BCUT2D eigenvalue weighted by molar-refractivity contribution is 5.44. The molecule has 1 aliphatic carbocycles. The van der Waals surface area contributed by atoms with Crippen LogP contribution in [0.2, 0.25) is 0 Å². The van der Waals surface area contributed by atoms with Crippen molar-refractivity contribution in [1.29, 1.82) is 0 Å². The van der Waals surface area contributed by atoms with E-state index in [0.29, 0.717) is 0 Å². The second kappa shape index (κ2) is 6.43. The first-order chi connectivity index (χ1) is 11.3. The molecule has 138 valence electrons. The van der Waals surface area contributed by atoms with Crippen molar-refractivity contribution in [3.63, 3.8) is 0 Å². The van der Waals surface area contributed by atoms with E-state index in [9.17, 15) is 5.11 Å². The number of rotatable bonds is 2. The third-order valence-corrected chi connectivity index (χ3v) is 5.73. The SMILES string of the molecule is CC1=CC(C)=C(C(C)(C)C)C(C)(C(O)c2ccccc2)C1C(C)(C)C. The lowest BCUT2D eigenvalue weighted by atomic mass is 9.50. The van der Waals surface area contributed by atoms with Gasteiger partial charge in [-0.1, -0.05) is 102 Å². The van der Waals surface area contributed by atoms with E-state index in [0.717, 1.165) is 5.56 Å². The Kier molecular flexibility index (Phi) is 5.14. The van der Waals surface area contributed by atoms with Gasteiger partial charge in [0.1, 0.15) is 0 Å². The molecule has 1 aromatic carbocycles. The molecule has 0 fully saturated rings. The second-order valence-electron chi connectivity index (χ2n) is 10.1. The average molecular weight is 341 g/mol. The highest BCUT2D eigenvalue weighted by atomic mass is 16.3. The number of aliphatic hydroxyl groups excluding tert-OH is 1. The Labute approximate surface area is 154 Å². The normalized spacial score (nSPS) is 26.5. The van der Waals surface area contributed by atoms with Gasteiger partial charge < -0.3 is 5.11 Å². The summed E-state index contributed by atoms with van der Waals surface area (Å²) < 4.78 is 0. The molecule has 1 nitrogen and oxygen atoms in total. The molecule has 25 heavy (non-hydrogen) atoms. The third-order valence-electron chi connectivity index (χ3n) is 5.73. The number of hydrogen-bond acceptors (Lipinski definition) is 1. The standard InChI is InChI=1S/C24H36O/c1-16-15-17(2)20(23(6,7)8)24(9,19(16)22(3,4)5)21(25)18-13-11-10-12-14-18/h10-15,19,21,25H,1-9H3. The largest absolute Gasteiger partial charge is 0.387 e. The Hall–Kier alpha value is -1.34. The van der Waals surface area contributed by atoms with Crippen molar-refractivity contribution in [1.82, 2.24) is 0 Å². The zero-order valence-corrected chi connectivity index (χ0v) is 17.6. The molecule has 3 unspecified atom stereocenters. The lowest BCUT2D eigenvalue weighted by Crippen LogP contribution is -2.47. The Morgan fingerprint density at radius 1 is 0.960 bits per heavy atom. The van der Waals surface area contributed by atoms with Crippen molar-refractivity contribution < 1.29 is 5.11 Å². The molecule has 0 saturated carbocycles. The topological polar surface area (TPSA) is 20.2 Å². The van der Waals surface area contributed by atoms with Crippen molar-refractivity contribution >= 4 is 0 Å². The molecule has 0 amide bonds. The molecule has 1 aliphatic rings. The first-order valence-corrected chi connectivity index (χ1v) is 9.44. The maximum absolute atomic E-state index is 11.6. The molecule has 0 heterocycles. The van der Waals surface area contributed by atoms with Crippen LogP contribution in [0.25, 0.3) is 0 Å². The Bertz CT molecular complexity index is 679. The number of hydrogen-bond donors (Lipinski definition) is 1. The van der Waals surface area contributed by atoms with Gasteiger partial charge in [-0.05, 0) is 36.2 Å². The van der Waals surface area contributed by atoms with Gasteiger partial charge in [0.2, 0.25) is 0 Å². The maximum Gasteiger partial charge on any atom is 0.0887 e. The zero-order valence-electron chi connectivity index (χ0n) is 17.6. The quantitative estimate of drug-likeness (QED) is 0.634. The van der Waals surface area contributed by atoms with E-state index in [2.05, 4.69) is 80.5 Å². The van der Waals surface area contributed by atoms with E-state index in [1.54, 1.807) is 0 Å². The molecular formula is C24H36O. The molecule has 3 atom stereocenters. The molecule has 0 radical (unpaired) electrons. The van der Waals surface area contributed by atoms with Gasteiger partial charge in [-0.2, -0.15) is 0 Å². The van der Waals surface area contributed by atoms with E-state index in [1.807, 2.05) is 18.2 Å². The summed E-state index contributed by atoms with van der Waals surface area (Å²) in [6.45, 7) is 20.4. The van der Waals surface area contributed by atoms with Crippen LogP contribution in [0.1, 0.15) is 74.0 Å². The Morgan fingerprint density at radius 3 is 1.92 bits per heavy atom. The van der Waals surface area contributed by atoms with Crippen molar-refractivity contribution in [2.45, 2.75) is 68.4 Å². The van der Waals surface area contributed by atoms with Crippen LogP contribution in [-0.4, -0.2) is 5.11 Å². The zero-order chi connectivity index (χ0) is 19.2. The van der Waals surface area contributed by atoms with Crippen LogP contribution in [0.3, 0.4) is 0 Å². The summed E-state index contributed by atoms with van der Waals surface area (Å²) in [6.07, 6.45) is 1.81. The lowest BCUT2D eigenvalue weighted by Gasteiger charge is -2.55. The van der Waals surface area contributed by atoms with E-state index in [4.69, 9.17) is 0 Å². The minimum atomic E-state index is -0.536. The molecule has 2 rings (SSSR count). The summed E-state index contributed by atoms with van der Waals surface area (Å²) in [5.41, 5.74) is 4.77. The fraction of sp³-hybridized carbons (Fsp3) is 0.583. The smallest absolute Gasteiger partial charge is 0.0887 e. The molecule has 0 saturated heterocycles. The molecule has 0 aromatic heterocycles. The van der Waals surface area contributed by atoms with Crippen LogP contribution >= 0.6 is 0 Å². The predicted molar refractivity (Wildman–Crippen MR) is 108 cm³/mol. The average Bonchev–Trinajstić information content (AvgIpc) is 2.43. The van der Waals surface area contributed by atoms with E-state index >= 15 is 0 Å². The fourth-order valence-electron chi connectivity index (χ4n) is 5.80. The Balaban J connectivity index is 2.79. The third kappa shape index (κ3) is 3.49. The highest BCUT2D eigenvalue weighted by Crippen LogP contribution is 2.61. The van der Waals surface area contributed by atoms with Crippen LogP contribution < -0.4 is 0 Å². The van der Waals surface area contributed by atoms with Gasteiger partial charge in [0.25, 0.3) is 0 Å². The minimum Gasteiger partial charge on any atom is -0.387 e. The lowest BCUT2D eigenvalue weighted by molar-refractivity contribution is -0.0210. The molecular weight excluding hydrogens is 304 g/mol. The van der Waals surface area contributed by atoms with Gasteiger partial charge >= 0.3 is 0 Å². The van der Waals surface area contributed by atoms with Crippen molar-refractivity contribution in [2.75, 3.05) is 0 Å². The van der Waals surface area contributed by atoms with Gasteiger partial charge in [-0.3, -0.25) is 0 Å². The molecule has 1 aromatic rings. The molecule has 1 heteroatoms. The minimum absolute atomic E-state index is 0.00467. The summed E-state index contributed by atoms with van der Waals surface area (Å²) in [5, 5.41) is 11.6. The van der Waals surface area contributed by atoms with Crippen LogP contribution in [-0.2, 0) is 0 Å². The van der Waals surface area contributed by atoms with Gasteiger partial charge in [0, 0.05) is 5.41 Å². The first kappa shape index (κ1) is 20.0. The summed E-state index contributed by atoms with van der Waals surface area (Å²) in [7, 11) is 0. The van der Waals surface area contributed by atoms with Gasteiger partial charge in [-0.15, -0.1) is 0 Å². The van der Waals surface area contributed by atoms with Crippen molar-refractivity contribution in [2.24, 2.45) is 22.2 Å². The van der Waals surface area contributed by atoms with Crippen molar-refractivity contribution in [3.05, 3.63) is 58.7 Å². The summed E-state index contributed by atoms with van der Waals surface area (Å²) in [6, 6.07) is 10.2. The highest BCUT2D eigenvalue weighted by Gasteiger charge is 2.53. The number of aliphatic hydroxyl groups is 1. The first-order valence-electron chi connectivity index (χ1n) is 9.44. The van der Waals surface area contributed by atoms with Crippen LogP contribution in [0.15, 0.2) is 53.1 Å². The number of allylic oxidation sites excluding steroid dienone is 3. The summed E-state index contributed by atoms with van der Waals surface area (Å²) >= 11 is 0. The molecule has 0 bridgehead atoms. The van der Waals surface area contributed by atoms with Gasteiger partial charge in [0.15, 0.2) is 0 Å². The van der Waals surface area contributed by atoms with Gasteiger partial charge in [0.05, 0.1) is 6.10 Å². The van der Waals surface area contributed by atoms with E-state index in [-0.39, 0.29) is 22.2 Å². The second-order valence-corrected chi connectivity index (χ2v) is 10.1. The van der Waals surface area contributed by atoms with Crippen molar-refractivity contribution in [3.8, 4) is 0 Å². The van der Waals surface area contributed by atoms with Crippen LogP contribution in [0.5, 0.6) is 0 Å². The molecule has 0 spiro atoms. The summed E-state index contributed by atoms with van der Waals surface area (Å²) in [5.74, 6) is 0.271. The van der Waals surface area contributed by atoms with E-state index in [1.165, 1.54) is 16.7 Å². The number of benzene rings is 1. The van der Waals surface area contributed by atoms with E-state index < -0.39 is 6.10 Å². The van der Waals surface area contributed by atoms with Gasteiger partial charge in [-0.25, -0.2) is 0 Å². The maximum atomic E-state index is 11.6. The van der Waals surface area contributed by atoms with Crippen LogP contribution in [0, 0.1) is 22.2 Å². The Morgan fingerprint density at radius 2 is 1.48 bits per heavy atom. The molecule has 0 aliphatic heterocycles. The monoisotopic (exact) mass is 340 g/mol. The van der Waals surface area contributed by atoms with Crippen LogP contribution in [0.4, 0.5) is 0 Å². The molecule has 1 N–H and O–H groups in total.